The molecule has 0 aliphatic rings. The minimum atomic E-state index is -0.209. The number of rotatable bonds is 3. The molecule has 0 saturated heterocycles. The molecule has 1 rings (SSSR count). The summed E-state index contributed by atoms with van der Waals surface area (Å²) in [5.74, 6) is 0. The monoisotopic (exact) mass is 209 g/mol. The Labute approximate surface area is 88.8 Å². The van der Waals surface area contributed by atoms with E-state index in [0.29, 0.717) is 6.54 Å². The maximum atomic E-state index is 8.51. The van der Waals surface area contributed by atoms with Gasteiger partial charge in [0.05, 0.1) is 23.8 Å². The van der Waals surface area contributed by atoms with Gasteiger partial charge in [-0.15, -0.1) is 11.3 Å². The molecular formula is C10H15N3S. The molecule has 0 fully saturated rings. The molecule has 0 aliphatic heterocycles. The molecule has 4 heteroatoms. The van der Waals surface area contributed by atoms with Gasteiger partial charge in [-0.05, 0) is 27.7 Å². The number of aromatic nitrogens is 1. The summed E-state index contributed by atoms with van der Waals surface area (Å²) in [7, 11) is 0. The fourth-order valence-corrected chi connectivity index (χ4v) is 2.07. The van der Waals surface area contributed by atoms with Crippen molar-refractivity contribution in [2.75, 3.05) is 6.54 Å². The molecule has 0 aliphatic carbocycles. The van der Waals surface area contributed by atoms with Gasteiger partial charge in [0.25, 0.3) is 0 Å². The average molecular weight is 209 g/mol. The van der Waals surface area contributed by atoms with Crippen LogP contribution in [0.25, 0.3) is 0 Å². The molecule has 0 bridgehead atoms. The zero-order valence-corrected chi connectivity index (χ0v) is 9.83. The highest BCUT2D eigenvalue weighted by Gasteiger charge is 2.23. The molecule has 0 atom stereocenters. The topological polar surface area (TPSA) is 48.7 Å². The van der Waals surface area contributed by atoms with Gasteiger partial charge in [0.15, 0.2) is 0 Å². The third kappa shape index (κ3) is 2.31. The Morgan fingerprint density at radius 2 is 2.14 bits per heavy atom. The van der Waals surface area contributed by atoms with E-state index in [1.54, 1.807) is 11.3 Å². The van der Waals surface area contributed by atoms with E-state index in [2.05, 4.69) is 23.3 Å². The van der Waals surface area contributed by atoms with E-state index in [1.807, 2.05) is 20.8 Å². The van der Waals surface area contributed by atoms with Crippen LogP contribution in [0.3, 0.4) is 0 Å². The zero-order chi connectivity index (χ0) is 10.8. The molecule has 0 aromatic carbocycles. The van der Waals surface area contributed by atoms with Gasteiger partial charge in [0.1, 0.15) is 5.01 Å². The van der Waals surface area contributed by atoms with Crippen LogP contribution in [-0.2, 0) is 5.54 Å². The normalized spacial score (nSPS) is 11.4. The van der Waals surface area contributed by atoms with Gasteiger partial charge in [-0.3, -0.25) is 5.32 Å². The SMILES string of the molecule is Cc1nc(C(C)(C)NCC#N)sc1C. The van der Waals surface area contributed by atoms with Gasteiger partial charge in [0, 0.05) is 4.88 Å². The largest absolute Gasteiger partial charge is 0.293 e. The van der Waals surface area contributed by atoms with Crippen LogP contribution in [-0.4, -0.2) is 11.5 Å². The number of hydrogen-bond acceptors (Lipinski definition) is 4. The summed E-state index contributed by atoms with van der Waals surface area (Å²) in [6, 6.07) is 2.08. The fraction of sp³-hybridized carbons (Fsp3) is 0.600. The second-order valence-electron chi connectivity index (χ2n) is 3.80. The molecule has 0 spiro atoms. The lowest BCUT2D eigenvalue weighted by Gasteiger charge is -2.21. The van der Waals surface area contributed by atoms with Crippen LogP contribution >= 0.6 is 11.3 Å². The Hall–Kier alpha value is -0.920. The first-order valence-corrected chi connectivity index (χ1v) is 5.35. The van der Waals surface area contributed by atoms with E-state index in [1.165, 1.54) is 4.88 Å². The fourth-order valence-electron chi connectivity index (χ4n) is 1.08. The van der Waals surface area contributed by atoms with Crippen molar-refractivity contribution in [2.24, 2.45) is 0 Å². The van der Waals surface area contributed by atoms with Gasteiger partial charge in [-0.25, -0.2) is 4.98 Å². The lowest BCUT2D eigenvalue weighted by atomic mass is 10.1. The van der Waals surface area contributed by atoms with Crippen molar-refractivity contribution in [2.45, 2.75) is 33.2 Å². The van der Waals surface area contributed by atoms with Crippen LogP contribution in [0.15, 0.2) is 0 Å². The Morgan fingerprint density at radius 1 is 1.50 bits per heavy atom. The lowest BCUT2D eigenvalue weighted by Crippen LogP contribution is -2.36. The summed E-state index contributed by atoms with van der Waals surface area (Å²) >= 11 is 1.69. The van der Waals surface area contributed by atoms with Crippen molar-refractivity contribution in [3.63, 3.8) is 0 Å². The van der Waals surface area contributed by atoms with E-state index in [9.17, 15) is 0 Å². The predicted molar refractivity (Wildman–Crippen MR) is 58.2 cm³/mol. The summed E-state index contributed by atoms with van der Waals surface area (Å²) < 4.78 is 0. The minimum absolute atomic E-state index is 0.209. The summed E-state index contributed by atoms with van der Waals surface area (Å²) in [5, 5.41) is 12.7. The van der Waals surface area contributed by atoms with Crippen LogP contribution in [0, 0.1) is 25.2 Å². The first-order chi connectivity index (χ1) is 6.47. The third-order valence-corrected chi connectivity index (χ3v) is 3.57. The molecule has 1 heterocycles. The summed E-state index contributed by atoms with van der Waals surface area (Å²) in [5.41, 5.74) is 0.871. The summed E-state index contributed by atoms with van der Waals surface area (Å²) in [4.78, 5) is 5.72. The highest BCUT2D eigenvalue weighted by atomic mass is 32.1. The molecule has 1 N–H and O–H groups in total. The Balaban J connectivity index is 2.87. The Bertz CT molecular complexity index is 340. The molecule has 0 unspecified atom stereocenters. The van der Waals surface area contributed by atoms with Gasteiger partial charge in [-0.1, -0.05) is 0 Å². The standard InChI is InChI=1S/C10H15N3S/c1-7-8(2)14-9(13-7)10(3,4)12-6-5-11/h12H,6H2,1-4H3. The highest BCUT2D eigenvalue weighted by molar-refractivity contribution is 7.11. The molecule has 0 radical (unpaired) electrons. The van der Waals surface area contributed by atoms with E-state index >= 15 is 0 Å². The van der Waals surface area contributed by atoms with Crippen LogP contribution in [0.4, 0.5) is 0 Å². The van der Waals surface area contributed by atoms with Crippen molar-refractivity contribution in [3.05, 3.63) is 15.6 Å². The summed E-state index contributed by atoms with van der Waals surface area (Å²) in [6.45, 7) is 8.52. The Kier molecular flexibility index (Phi) is 3.25. The third-order valence-electron chi connectivity index (χ3n) is 2.17. The number of thiazole rings is 1. The smallest absolute Gasteiger partial charge is 0.113 e. The van der Waals surface area contributed by atoms with Crippen molar-refractivity contribution in [1.82, 2.24) is 10.3 Å². The molecule has 0 amide bonds. The number of nitriles is 1. The van der Waals surface area contributed by atoms with E-state index in [-0.39, 0.29) is 5.54 Å². The van der Waals surface area contributed by atoms with Gasteiger partial charge >= 0.3 is 0 Å². The minimum Gasteiger partial charge on any atom is -0.293 e. The van der Waals surface area contributed by atoms with Crippen LogP contribution < -0.4 is 5.32 Å². The molecular weight excluding hydrogens is 194 g/mol. The molecule has 1 aromatic heterocycles. The average Bonchev–Trinajstić information content (AvgIpc) is 2.45. The highest BCUT2D eigenvalue weighted by Crippen LogP contribution is 2.26. The molecule has 76 valence electrons. The predicted octanol–water partition coefficient (Wildman–Crippen LogP) is 2.11. The number of nitrogens with zero attached hydrogens (tertiary/aromatic N) is 2. The van der Waals surface area contributed by atoms with Gasteiger partial charge in [-0.2, -0.15) is 5.26 Å². The zero-order valence-electron chi connectivity index (χ0n) is 9.01. The summed E-state index contributed by atoms with van der Waals surface area (Å²) in [6.07, 6.45) is 0. The van der Waals surface area contributed by atoms with E-state index in [0.717, 1.165) is 10.7 Å². The first-order valence-electron chi connectivity index (χ1n) is 4.54. The quantitative estimate of drug-likeness (QED) is 0.776. The van der Waals surface area contributed by atoms with Crippen molar-refractivity contribution in [3.8, 4) is 6.07 Å². The maximum absolute atomic E-state index is 8.51. The molecule has 1 aromatic rings. The van der Waals surface area contributed by atoms with E-state index < -0.39 is 0 Å². The van der Waals surface area contributed by atoms with Crippen molar-refractivity contribution < 1.29 is 0 Å². The van der Waals surface area contributed by atoms with Crippen LogP contribution in [0.1, 0.15) is 29.4 Å². The van der Waals surface area contributed by atoms with Gasteiger partial charge < -0.3 is 0 Å². The maximum Gasteiger partial charge on any atom is 0.113 e. The second-order valence-corrected chi connectivity index (χ2v) is 5.00. The van der Waals surface area contributed by atoms with Crippen molar-refractivity contribution in [1.29, 1.82) is 5.26 Å². The molecule has 14 heavy (non-hydrogen) atoms. The number of nitrogens with one attached hydrogen (secondary N) is 1. The molecule has 0 saturated carbocycles. The number of aryl methyl sites for hydroxylation is 2. The van der Waals surface area contributed by atoms with Crippen LogP contribution in [0.2, 0.25) is 0 Å². The van der Waals surface area contributed by atoms with E-state index in [4.69, 9.17) is 5.26 Å². The lowest BCUT2D eigenvalue weighted by molar-refractivity contribution is 0.425. The number of hydrogen-bond donors (Lipinski definition) is 1. The van der Waals surface area contributed by atoms with Crippen molar-refractivity contribution >= 4 is 11.3 Å². The van der Waals surface area contributed by atoms with Crippen LogP contribution in [0.5, 0.6) is 0 Å². The second kappa shape index (κ2) is 4.07. The first kappa shape index (κ1) is 11.2. The van der Waals surface area contributed by atoms with Gasteiger partial charge in [0.2, 0.25) is 0 Å². The molecule has 3 nitrogen and oxygen atoms in total. The Morgan fingerprint density at radius 3 is 2.57 bits per heavy atom.